The predicted molar refractivity (Wildman–Crippen MR) is 92.5 cm³/mol. The Bertz CT molecular complexity index is 680. The highest BCUT2D eigenvalue weighted by atomic mass is 19.1. The molecule has 0 radical (unpaired) electrons. The van der Waals surface area contributed by atoms with Crippen molar-refractivity contribution >= 4 is 17.9 Å². The number of hydrogen-bond acceptors (Lipinski definition) is 8. The van der Waals surface area contributed by atoms with Crippen molar-refractivity contribution in [2.75, 3.05) is 6.61 Å². The van der Waals surface area contributed by atoms with Gasteiger partial charge >= 0.3 is 17.9 Å². The molecule has 0 aromatic heterocycles. The van der Waals surface area contributed by atoms with Crippen LogP contribution < -0.4 is 0 Å². The molecule has 1 aliphatic rings. The number of esters is 3. The SMILES string of the molecule is CC(=O)O[C@@H]1O[C@H](COCc2ccccc2)[C@@H](F)[C@@H](OC(C)=O)[C@@H]1OC(C)=O. The van der Waals surface area contributed by atoms with Gasteiger partial charge in [-0.1, -0.05) is 30.3 Å². The van der Waals surface area contributed by atoms with Crippen molar-refractivity contribution in [1.82, 2.24) is 0 Å². The van der Waals surface area contributed by atoms with Gasteiger partial charge in [-0.15, -0.1) is 0 Å². The van der Waals surface area contributed by atoms with Crippen LogP contribution in [0, 0.1) is 0 Å². The van der Waals surface area contributed by atoms with Gasteiger partial charge in [0.2, 0.25) is 12.4 Å². The molecule has 2 rings (SSSR count). The van der Waals surface area contributed by atoms with Crippen LogP contribution >= 0.6 is 0 Å². The summed E-state index contributed by atoms with van der Waals surface area (Å²) in [5, 5.41) is 0. The molecular weight excluding hydrogens is 375 g/mol. The van der Waals surface area contributed by atoms with Gasteiger partial charge in [-0.3, -0.25) is 14.4 Å². The van der Waals surface area contributed by atoms with Crippen LogP contribution in [0.5, 0.6) is 0 Å². The van der Waals surface area contributed by atoms with Crippen LogP contribution in [-0.2, 0) is 44.7 Å². The van der Waals surface area contributed by atoms with E-state index < -0.39 is 48.7 Å². The molecular formula is C19H23FO8. The maximum Gasteiger partial charge on any atom is 0.305 e. The number of hydrogen-bond donors (Lipinski definition) is 0. The molecule has 5 atom stereocenters. The molecule has 1 heterocycles. The molecule has 8 nitrogen and oxygen atoms in total. The zero-order valence-electron chi connectivity index (χ0n) is 15.8. The summed E-state index contributed by atoms with van der Waals surface area (Å²) in [5.74, 6) is -2.28. The highest BCUT2D eigenvalue weighted by molar-refractivity contribution is 5.68. The van der Waals surface area contributed by atoms with Crippen molar-refractivity contribution in [3.63, 3.8) is 0 Å². The van der Waals surface area contributed by atoms with E-state index in [1.165, 1.54) is 0 Å². The van der Waals surface area contributed by atoms with Crippen LogP contribution in [0.1, 0.15) is 26.3 Å². The van der Waals surface area contributed by atoms with E-state index in [2.05, 4.69) is 0 Å². The molecule has 0 N–H and O–H groups in total. The van der Waals surface area contributed by atoms with Crippen LogP contribution in [0.4, 0.5) is 4.39 Å². The van der Waals surface area contributed by atoms with Crippen LogP contribution in [0.3, 0.4) is 0 Å². The fourth-order valence-corrected chi connectivity index (χ4v) is 2.77. The Morgan fingerprint density at radius 2 is 1.50 bits per heavy atom. The third kappa shape index (κ3) is 6.28. The smallest absolute Gasteiger partial charge is 0.305 e. The van der Waals surface area contributed by atoms with Gasteiger partial charge in [-0.25, -0.2) is 4.39 Å². The topological polar surface area (TPSA) is 97.4 Å². The molecule has 0 unspecified atom stereocenters. The van der Waals surface area contributed by atoms with Crippen LogP contribution in [-0.4, -0.2) is 55.3 Å². The van der Waals surface area contributed by atoms with Crippen molar-refractivity contribution < 1.29 is 42.5 Å². The van der Waals surface area contributed by atoms with Gasteiger partial charge in [0.15, 0.2) is 12.3 Å². The first-order chi connectivity index (χ1) is 13.3. The first kappa shape index (κ1) is 21.8. The van der Waals surface area contributed by atoms with Gasteiger partial charge in [-0.2, -0.15) is 0 Å². The molecule has 0 spiro atoms. The van der Waals surface area contributed by atoms with E-state index in [4.69, 9.17) is 23.7 Å². The van der Waals surface area contributed by atoms with E-state index in [-0.39, 0.29) is 13.2 Å². The lowest BCUT2D eigenvalue weighted by atomic mass is 10.00. The van der Waals surface area contributed by atoms with Crippen molar-refractivity contribution in [3.05, 3.63) is 35.9 Å². The summed E-state index contributed by atoms with van der Waals surface area (Å²) >= 11 is 0. The summed E-state index contributed by atoms with van der Waals surface area (Å²) < 4.78 is 41.0. The number of ether oxygens (including phenoxy) is 5. The Labute approximate surface area is 161 Å². The van der Waals surface area contributed by atoms with E-state index in [1.54, 1.807) is 0 Å². The highest BCUT2D eigenvalue weighted by Gasteiger charge is 2.52. The molecule has 28 heavy (non-hydrogen) atoms. The van der Waals surface area contributed by atoms with Crippen LogP contribution in [0.25, 0.3) is 0 Å². The molecule has 0 amide bonds. The molecule has 1 aliphatic heterocycles. The number of rotatable bonds is 7. The lowest BCUT2D eigenvalue weighted by molar-refractivity contribution is -0.290. The zero-order valence-corrected chi connectivity index (χ0v) is 15.8. The summed E-state index contributed by atoms with van der Waals surface area (Å²) in [4.78, 5) is 34.2. The molecule has 1 saturated heterocycles. The summed E-state index contributed by atoms with van der Waals surface area (Å²) in [5.41, 5.74) is 0.875. The Morgan fingerprint density at radius 3 is 2.07 bits per heavy atom. The summed E-state index contributed by atoms with van der Waals surface area (Å²) in [6, 6.07) is 9.22. The largest absolute Gasteiger partial charge is 0.455 e. The van der Waals surface area contributed by atoms with Crippen molar-refractivity contribution in [2.24, 2.45) is 0 Å². The Hall–Kier alpha value is -2.52. The minimum absolute atomic E-state index is 0.196. The van der Waals surface area contributed by atoms with Gasteiger partial charge in [-0.05, 0) is 5.56 Å². The number of benzene rings is 1. The number of alkyl halides is 1. The third-order valence-electron chi connectivity index (χ3n) is 3.85. The maximum atomic E-state index is 15.0. The fraction of sp³-hybridized carbons (Fsp3) is 0.526. The quantitative estimate of drug-likeness (QED) is 0.506. The Morgan fingerprint density at radius 1 is 0.929 bits per heavy atom. The minimum Gasteiger partial charge on any atom is -0.455 e. The predicted octanol–water partition coefficient (Wildman–Crippen LogP) is 1.69. The molecule has 1 fully saturated rings. The second-order valence-electron chi connectivity index (χ2n) is 6.25. The first-order valence-electron chi connectivity index (χ1n) is 8.70. The van der Waals surface area contributed by atoms with Crippen molar-refractivity contribution in [2.45, 2.75) is 58.2 Å². The van der Waals surface area contributed by atoms with Crippen molar-refractivity contribution in [3.8, 4) is 0 Å². The van der Waals surface area contributed by atoms with Gasteiger partial charge in [0.05, 0.1) is 13.2 Å². The van der Waals surface area contributed by atoms with E-state index in [9.17, 15) is 18.8 Å². The molecule has 0 bridgehead atoms. The van der Waals surface area contributed by atoms with Gasteiger partial charge in [0.1, 0.15) is 6.10 Å². The lowest BCUT2D eigenvalue weighted by Crippen LogP contribution is -2.60. The molecule has 1 aromatic rings. The van der Waals surface area contributed by atoms with Crippen LogP contribution in [0.15, 0.2) is 30.3 Å². The molecule has 9 heteroatoms. The fourth-order valence-electron chi connectivity index (χ4n) is 2.77. The molecule has 154 valence electrons. The number of carbonyl (C=O) groups is 3. The van der Waals surface area contributed by atoms with Crippen LogP contribution in [0.2, 0.25) is 0 Å². The average molecular weight is 398 g/mol. The molecule has 1 aromatic carbocycles. The van der Waals surface area contributed by atoms with Gasteiger partial charge in [0, 0.05) is 20.8 Å². The minimum atomic E-state index is -1.86. The second kappa shape index (κ2) is 10.1. The number of halogens is 1. The zero-order chi connectivity index (χ0) is 20.7. The monoisotopic (exact) mass is 398 g/mol. The van der Waals surface area contributed by atoms with E-state index in [1.807, 2.05) is 30.3 Å². The van der Waals surface area contributed by atoms with E-state index in [0.29, 0.717) is 0 Å². The summed E-state index contributed by atoms with van der Waals surface area (Å²) in [6.07, 6.45) is -7.46. The average Bonchev–Trinajstić information content (AvgIpc) is 2.61. The first-order valence-corrected chi connectivity index (χ1v) is 8.70. The summed E-state index contributed by atoms with van der Waals surface area (Å²) in [7, 11) is 0. The van der Waals surface area contributed by atoms with Gasteiger partial charge < -0.3 is 23.7 Å². The van der Waals surface area contributed by atoms with Crippen molar-refractivity contribution in [1.29, 1.82) is 0 Å². The summed E-state index contributed by atoms with van der Waals surface area (Å²) in [6.45, 7) is 3.32. The molecule has 0 saturated carbocycles. The Balaban J connectivity index is 2.13. The third-order valence-corrected chi connectivity index (χ3v) is 3.85. The van der Waals surface area contributed by atoms with Gasteiger partial charge in [0.25, 0.3) is 0 Å². The number of carbonyl (C=O) groups excluding carboxylic acids is 3. The standard InChI is InChI=1S/C19H23FO8/c1-11(21)25-17-16(20)15(10-24-9-14-7-5-4-6-8-14)28-19(27-13(3)23)18(17)26-12(2)22/h4-8,15-19H,9-10H2,1-3H3/t15-,16-,17-,18+,19-/m1/s1. The highest BCUT2D eigenvalue weighted by Crippen LogP contribution is 2.29. The lowest BCUT2D eigenvalue weighted by Gasteiger charge is -2.41. The maximum absolute atomic E-state index is 15.0. The second-order valence-corrected chi connectivity index (χ2v) is 6.25. The normalized spacial score (nSPS) is 26.9. The molecule has 0 aliphatic carbocycles. The van der Waals surface area contributed by atoms with E-state index in [0.717, 1.165) is 26.3 Å². The Kier molecular flexibility index (Phi) is 7.89. The van der Waals surface area contributed by atoms with E-state index >= 15 is 0 Å².